The summed E-state index contributed by atoms with van der Waals surface area (Å²) in [5.74, 6) is 1.87. The Kier molecular flexibility index (Phi) is 10.5. The predicted molar refractivity (Wildman–Crippen MR) is 145 cm³/mol. The van der Waals surface area contributed by atoms with E-state index >= 15 is 0 Å². The lowest BCUT2D eigenvalue weighted by atomic mass is 9.88. The zero-order chi connectivity index (χ0) is 26.8. The number of rotatable bonds is 13. The van der Waals surface area contributed by atoms with E-state index in [0.29, 0.717) is 34.3 Å². The lowest BCUT2D eigenvalue weighted by Gasteiger charge is -2.21. The topological polar surface area (TPSA) is 85.2 Å². The first-order valence-corrected chi connectivity index (χ1v) is 12.8. The summed E-state index contributed by atoms with van der Waals surface area (Å²) in [4.78, 5) is 12.6. The van der Waals surface area contributed by atoms with E-state index in [4.69, 9.17) is 14.2 Å². The molecule has 3 rings (SSSR count). The summed E-state index contributed by atoms with van der Waals surface area (Å²) in [5, 5.41) is 19.8. The number of hydrogen-bond acceptors (Lipinski definition) is 6. The molecule has 3 aromatic carbocycles. The van der Waals surface area contributed by atoms with E-state index in [2.05, 4.69) is 13.8 Å². The lowest BCUT2D eigenvalue weighted by molar-refractivity contribution is -0.141. The third kappa shape index (κ3) is 8.07. The normalized spacial score (nSPS) is 12.0. The monoisotopic (exact) mass is 506 g/mol. The molecule has 0 aliphatic rings. The molecule has 6 heteroatoms. The van der Waals surface area contributed by atoms with E-state index in [9.17, 15) is 15.0 Å². The fourth-order valence-electron chi connectivity index (χ4n) is 4.22. The number of aliphatic hydroxyl groups is 2. The minimum atomic E-state index is -0.209. The summed E-state index contributed by atoms with van der Waals surface area (Å²) in [7, 11) is 0. The SMILES string of the molecule is CC(C)CC(C(=O)Oc1ccc(OCCOc2c(CO)cc(-c3ccccc3)cc2CO)cc1)C(C)C. The van der Waals surface area contributed by atoms with Crippen LogP contribution < -0.4 is 14.2 Å². The highest BCUT2D eigenvalue weighted by atomic mass is 16.5. The van der Waals surface area contributed by atoms with Gasteiger partial charge in [-0.15, -0.1) is 0 Å². The second-order valence-electron chi connectivity index (χ2n) is 9.88. The minimum Gasteiger partial charge on any atom is -0.490 e. The van der Waals surface area contributed by atoms with Crippen LogP contribution in [0.1, 0.15) is 45.2 Å². The number of esters is 1. The van der Waals surface area contributed by atoms with E-state index in [1.165, 1.54) is 0 Å². The van der Waals surface area contributed by atoms with Crippen molar-refractivity contribution in [3.63, 3.8) is 0 Å². The third-order valence-corrected chi connectivity index (χ3v) is 6.16. The maximum absolute atomic E-state index is 12.6. The van der Waals surface area contributed by atoms with Crippen molar-refractivity contribution >= 4 is 5.97 Å². The maximum atomic E-state index is 12.6. The van der Waals surface area contributed by atoms with Crippen LogP contribution in [0.2, 0.25) is 0 Å². The van der Waals surface area contributed by atoms with Gasteiger partial charge in [-0.2, -0.15) is 0 Å². The van der Waals surface area contributed by atoms with E-state index < -0.39 is 0 Å². The highest BCUT2D eigenvalue weighted by Crippen LogP contribution is 2.31. The second kappa shape index (κ2) is 13.8. The second-order valence-corrected chi connectivity index (χ2v) is 9.88. The summed E-state index contributed by atoms with van der Waals surface area (Å²) in [6.07, 6.45) is 0.794. The van der Waals surface area contributed by atoms with E-state index in [0.717, 1.165) is 17.5 Å². The van der Waals surface area contributed by atoms with Crippen LogP contribution in [0.25, 0.3) is 11.1 Å². The molecule has 0 aromatic heterocycles. The van der Waals surface area contributed by atoms with E-state index in [1.807, 2.05) is 56.3 Å². The quantitative estimate of drug-likeness (QED) is 0.168. The molecule has 0 radical (unpaired) electrons. The van der Waals surface area contributed by atoms with Gasteiger partial charge >= 0.3 is 5.97 Å². The first-order chi connectivity index (χ1) is 17.8. The van der Waals surface area contributed by atoms with E-state index in [-0.39, 0.29) is 44.2 Å². The van der Waals surface area contributed by atoms with Crippen molar-refractivity contribution in [1.82, 2.24) is 0 Å². The minimum absolute atomic E-state index is 0.137. The van der Waals surface area contributed by atoms with Gasteiger partial charge in [0.2, 0.25) is 0 Å². The van der Waals surface area contributed by atoms with Crippen LogP contribution in [0.5, 0.6) is 17.2 Å². The largest absolute Gasteiger partial charge is 0.490 e. The third-order valence-electron chi connectivity index (χ3n) is 6.16. The number of ether oxygens (including phenoxy) is 3. The maximum Gasteiger partial charge on any atom is 0.314 e. The molecule has 3 aromatic rings. The van der Waals surface area contributed by atoms with Gasteiger partial charge in [0.1, 0.15) is 30.5 Å². The summed E-state index contributed by atoms with van der Waals surface area (Å²) < 4.78 is 17.3. The van der Waals surface area contributed by atoms with Crippen molar-refractivity contribution in [2.75, 3.05) is 13.2 Å². The zero-order valence-electron chi connectivity index (χ0n) is 22.1. The molecular formula is C31H38O6. The van der Waals surface area contributed by atoms with Crippen LogP contribution in [0.4, 0.5) is 0 Å². The van der Waals surface area contributed by atoms with Gasteiger partial charge in [-0.1, -0.05) is 58.0 Å². The van der Waals surface area contributed by atoms with Crippen LogP contribution >= 0.6 is 0 Å². The van der Waals surface area contributed by atoms with E-state index in [1.54, 1.807) is 24.3 Å². The lowest BCUT2D eigenvalue weighted by Crippen LogP contribution is -2.26. The number of carbonyl (C=O) groups is 1. The van der Waals surface area contributed by atoms with Crippen molar-refractivity contribution in [1.29, 1.82) is 0 Å². The smallest absolute Gasteiger partial charge is 0.314 e. The predicted octanol–water partition coefficient (Wildman–Crippen LogP) is 6.02. The van der Waals surface area contributed by atoms with Crippen molar-refractivity contribution in [2.45, 2.75) is 47.3 Å². The standard InChI is InChI=1S/C31H38O6/c1-21(2)16-29(22(3)4)31(34)37-28-12-10-27(11-13-28)35-14-15-36-30-25(19-32)17-24(18-26(30)20-33)23-8-6-5-7-9-23/h5-13,17-18,21-22,29,32-33H,14-16,19-20H2,1-4H3. The molecule has 0 heterocycles. The fourth-order valence-corrected chi connectivity index (χ4v) is 4.22. The van der Waals surface area contributed by atoms with Crippen molar-refractivity contribution in [3.8, 4) is 28.4 Å². The first-order valence-electron chi connectivity index (χ1n) is 12.8. The van der Waals surface area contributed by atoms with Gasteiger partial charge in [0.25, 0.3) is 0 Å². The van der Waals surface area contributed by atoms with Crippen molar-refractivity contribution in [3.05, 3.63) is 77.9 Å². The molecule has 0 amide bonds. The highest BCUT2D eigenvalue weighted by Gasteiger charge is 2.25. The van der Waals surface area contributed by atoms with Crippen LogP contribution in [-0.4, -0.2) is 29.4 Å². The number of benzene rings is 3. The first kappa shape index (κ1) is 28.2. The molecule has 1 atom stereocenters. The van der Waals surface area contributed by atoms with Crippen molar-refractivity contribution in [2.24, 2.45) is 17.8 Å². The van der Waals surface area contributed by atoms with Gasteiger partial charge in [0.15, 0.2) is 0 Å². The average molecular weight is 507 g/mol. The summed E-state index contributed by atoms with van der Waals surface area (Å²) >= 11 is 0. The number of aliphatic hydroxyl groups excluding tert-OH is 2. The Hall–Kier alpha value is -3.35. The molecule has 1 unspecified atom stereocenters. The zero-order valence-corrected chi connectivity index (χ0v) is 22.1. The molecule has 0 saturated heterocycles. The molecule has 2 N–H and O–H groups in total. The van der Waals surface area contributed by atoms with Gasteiger partial charge < -0.3 is 24.4 Å². The fraction of sp³-hybridized carbons (Fsp3) is 0.387. The molecule has 6 nitrogen and oxygen atoms in total. The van der Waals surface area contributed by atoms with Crippen LogP contribution in [0, 0.1) is 17.8 Å². The Labute approximate surface area is 219 Å². The molecule has 0 fully saturated rings. The summed E-state index contributed by atoms with van der Waals surface area (Å²) in [6, 6.07) is 20.5. The van der Waals surface area contributed by atoms with Crippen LogP contribution in [0.3, 0.4) is 0 Å². The van der Waals surface area contributed by atoms with Gasteiger partial charge in [-0.3, -0.25) is 4.79 Å². The molecular weight excluding hydrogens is 468 g/mol. The Bertz CT molecular complexity index is 1100. The van der Waals surface area contributed by atoms with Gasteiger partial charge in [0.05, 0.1) is 19.1 Å². The number of hydrogen-bond donors (Lipinski definition) is 2. The number of carbonyl (C=O) groups excluding carboxylic acids is 1. The average Bonchev–Trinajstić information content (AvgIpc) is 2.90. The summed E-state index contributed by atoms with van der Waals surface area (Å²) in [6.45, 7) is 8.36. The molecule has 0 bridgehead atoms. The molecule has 37 heavy (non-hydrogen) atoms. The van der Waals surface area contributed by atoms with Crippen LogP contribution in [-0.2, 0) is 18.0 Å². The Balaban J connectivity index is 1.56. The molecule has 0 aliphatic heterocycles. The molecule has 0 aliphatic carbocycles. The van der Waals surface area contributed by atoms with Gasteiger partial charge in [-0.05, 0) is 65.8 Å². The van der Waals surface area contributed by atoms with Gasteiger partial charge in [0, 0.05) is 11.1 Å². The Morgan fingerprint density at radius 1 is 0.757 bits per heavy atom. The molecule has 198 valence electrons. The summed E-state index contributed by atoms with van der Waals surface area (Å²) in [5.41, 5.74) is 3.11. The highest BCUT2D eigenvalue weighted by molar-refractivity contribution is 5.75. The van der Waals surface area contributed by atoms with Crippen molar-refractivity contribution < 1.29 is 29.2 Å². The van der Waals surface area contributed by atoms with Gasteiger partial charge in [-0.25, -0.2) is 0 Å². The molecule has 0 saturated carbocycles. The molecule has 0 spiro atoms. The van der Waals surface area contributed by atoms with Crippen LogP contribution in [0.15, 0.2) is 66.7 Å². The Morgan fingerprint density at radius 3 is 1.86 bits per heavy atom. The Morgan fingerprint density at radius 2 is 1.32 bits per heavy atom.